The number of nitrogens with zero attached hydrogens (tertiary/aromatic N) is 1. The van der Waals surface area contributed by atoms with E-state index in [0.717, 1.165) is 0 Å². The van der Waals surface area contributed by atoms with E-state index in [4.69, 9.17) is 18.9 Å². The Morgan fingerprint density at radius 3 is 1.34 bits per heavy atom. The maximum atomic E-state index is 13.3. The molecular formula is C29H29NO8. The number of Topliss-reactive ketones (excluding diaryl/α,β-unsaturated/α-hetero) is 2. The standard InChI is InChI=1S/C29H29NO8/c1-35-19-9-5-17(6-10-19)25(31)13-23-21-15-27(37-3)28(38-4)16-22(21)24(29(23)30(33)34)14-26(32)18-7-11-20(36-2)12-8-18/h5-12,15-16,23-24,29H,13-14H2,1-4H3/t23-,24-/m1/s1. The van der Waals surface area contributed by atoms with Gasteiger partial charge in [0.15, 0.2) is 23.1 Å². The Labute approximate surface area is 220 Å². The number of rotatable bonds is 11. The van der Waals surface area contributed by atoms with E-state index in [1.165, 1.54) is 28.4 Å². The van der Waals surface area contributed by atoms with Crippen molar-refractivity contribution in [3.05, 3.63) is 93.0 Å². The summed E-state index contributed by atoms with van der Waals surface area (Å²) in [6, 6.07) is 15.4. The number of ether oxygens (including phenoxy) is 4. The third kappa shape index (κ3) is 5.18. The Hall–Kier alpha value is -4.40. The van der Waals surface area contributed by atoms with Crippen LogP contribution in [0.1, 0.15) is 56.5 Å². The Morgan fingerprint density at radius 2 is 1.05 bits per heavy atom. The van der Waals surface area contributed by atoms with Crippen LogP contribution in [0.3, 0.4) is 0 Å². The molecule has 0 saturated heterocycles. The Balaban J connectivity index is 1.73. The van der Waals surface area contributed by atoms with Crippen LogP contribution >= 0.6 is 0 Å². The average Bonchev–Trinajstić information content (AvgIpc) is 3.23. The van der Waals surface area contributed by atoms with Gasteiger partial charge in [0.25, 0.3) is 0 Å². The molecule has 1 aliphatic carbocycles. The van der Waals surface area contributed by atoms with Crippen LogP contribution in [-0.4, -0.2) is 51.0 Å². The summed E-state index contributed by atoms with van der Waals surface area (Å²) in [5.74, 6) is -0.00428. The third-order valence-electron chi connectivity index (χ3n) is 7.09. The van der Waals surface area contributed by atoms with Gasteiger partial charge in [-0.3, -0.25) is 19.7 Å². The maximum Gasteiger partial charge on any atom is 0.227 e. The van der Waals surface area contributed by atoms with Crippen molar-refractivity contribution >= 4 is 11.6 Å². The van der Waals surface area contributed by atoms with Crippen molar-refractivity contribution in [2.75, 3.05) is 28.4 Å². The first kappa shape index (κ1) is 26.7. The molecule has 4 rings (SSSR count). The molecule has 0 bridgehead atoms. The number of fused-ring (bicyclic) bond motifs is 1. The van der Waals surface area contributed by atoms with Gasteiger partial charge in [0.05, 0.1) is 40.3 Å². The molecule has 0 unspecified atom stereocenters. The molecule has 9 heteroatoms. The minimum absolute atomic E-state index is 0.103. The molecule has 9 nitrogen and oxygen atoms in total. The molecule has 0 aromatic heterocycles. The van der Waals surface area contributed by atoms with Crippen LogP contribution in [0, 0.1) is 10.1 Å². The Morgan fingerprint density at radius 1 is 0.684 bits per heavy atom. The van der Waals surface area contributed by atoms with Gasteiger partial charge in [0.2, 0.25) is 6.04 Å². The van der Waals surface area contributed by atoms with Crippen molar-refractivity contribution < 1.29 is 33.5 Å². The molecular weight excluding hydrogens is 490 g/mol. The minimum Gasteiger partial charge on any atom is -0.497 e. The normalized spacial score (nSPS) is 16.4. The van der Waals surface area contributed by atoms with Gasteiger partial charge in [-0.2, -0.15) is 0 Å². The van der Waals surface area contributed by atoms with Crippen LogP contribution in [-0.2, 0) is 0 Å². The molecule has 0 amide bonds. The zero-order valence-electron chi connectivity index (χ0n) is 21.6. The number of nitro groups is 1. The van der Waals surface area contributed by atoms with Gasteiger partial charge in [0, 0.05) is 28.9 Å². The lowest BCUT2D eigenvalue weighted by molar-refractivity contribution is -0.528. The van der Waals surface area contributed by atoms with Gasteiger partial charge in [-0.25, -0.2) is 0 Å². The van der Waals surface area contributed by atoms with Gasteiger partial charge in [0.1, 0.15) is 11.5 Å². The monoisotopic (exact) mass is 519 g/mol. The highest BCUT2D eigenvalue weighted by atomic mass is 16.6. The highest BCUT2D eigenvalue weighted by molar-refractivity contribution is 5.98. The maximum absolute atomic E-state index is 13.3. The second kappa shape index (κ2) is 11.3. The highest BCUT2D eigenvalue weighted by Gasteiger charge is 2.50. The fourth-order valence-corrected chi connectivity index (χ4v) is 5.15. The van der Waals surface area contributed by atoms with E-state index in [-0.39, 0.29) is 29.3 Å². The molecule has 0 radical (unpaired) electrons. The molecule has 38 heavy (non-hydrogen) atoms. The molecule has 0 aliphatic heterocycles. The number of methoxy groups -OCH3 is 4. The lowest BCUT2D eigenvalue weighted by atomic mass is 9.86. The predicted octanol–water partition coefficient (Wildman–Crippen LogP) is 5.09. The second-order valence-electron chi connectivity index (χ2n) is 9.04. The molecule has 2 atom stereocenters. The first-order valence-corrected chi connectivity index (χ1v) is 12.0. The number of hydrogen-bond acceptors (Lipinski definition) is 8. The summed E-state index contributed by atoms with van der Waals surface area (Å²) in [6.07, 6.45) is -0.207. The molecule has 3 aromatic carbocycles. The van der Waals surface area contributed by atoms with E-state index in [1.807, 2.05) is 0 Å². The first-order chi connectivity index (χ1) is 18.3. The highest BCUT2D eigenvalue weighted by Crippen LogP contribution is 2.50. The minimum atomic E-state index is -1.19. The number of carbonyl (C=O) groups excluding carboxylic acids is 2. The third-order valence-corrected chi connectivity index (χ3v) is 7.09. The molecule has 0 heterocycles. The van der Waals surface area contributed by atoms with Crippen LogP contribution in [0.5, 0.6) is 23.0 Å². The van der Waals surface area contributed by atoms with Crippen molar-refractivity contribution in [2.45, 2.75) is 30.7 Å². The first-order valence-electron chi connectivity index (χ1n) is 12.0. The number of ketones is 2. The average molecular weight is 520 g/mol. The zero-order valence-corrected chi connectivity index (χ0v) is 21.6. The summed E-state index contributed by atoms with van der Waals surface area (Å²) in [5.41, 5.74) is 2.07. The second-order valence-corrected chi connectivity index (χ2v) is 9.04. The van der Waals surface area contributed by atoms with E-state index in [2.05, 4.69) is 0 Å². The summed E-state index contributed by atoms with van der Waals surface area (Å²) in [7, 11) is 6.02. The summed E-state index contributed by atoms with van der Waals surface area (Å²) in [6.45, 7) is 0. The van der Waals surface area contributed by atoms with Crippen LogP contribution in [0.25, 0.3) is 0 Å². The lowest BCUT2D eigenvalue weighted by Gasteiger charge is -2.18. The van der Waals surface area contributed by atoms with Crippen molar-refractivity contribution in [3.63, 3.8) is 0 Å². The fraction of sp³-hybridized carbons (Fsp3) is 0.310. The number of hydrogen-bond donors (Lipinski definition) is 0. The van der Waals surface area contributed by atoms with Gasteiger partial charge in [-0.1, -0.05) is 0 Å². The topological polar surface area (TPSA) is 114 Å². The molecule has 3 aromatic rings. The van der Waals surface area contributed by atoms with E-state index in [0.29, 0.717) is 45.3 Å². The van der Waals surface area contributed by atoms with E-state index in [9.17, 15) is 19.7 Å². The van der Waals surface area contributed by atoms with E-state index >= 15 is 0 Å². The van der Waals surface area contributed by atoms with E-state index < -0.39 is 17.9 Å². The summed E-state index contributed by atoms with van der Waals surface area (Å²) in [4.78, 5) is 38.6. The van der Waals surface area contributed by atoms with Crippen LogP contribution in [0.2, 0.25) is 0 Å². The van der Waals surface area contributed by atoms with Crippen LogP contribution in [0.4, 0.5) is 0 Å². The quantitative estimate of drug-likeness (QED) is 0.195. The largest absolute Gasteiger partial charge is 0.497 e. The van der Waals surface area contributed by atoms with Gasteiger partial charge < -0.3 is 18.9 Å². The van der Waals surface area contributed by atoms with Gasteiger partial charge in [-0.15, -0.1) is 0 Å². The van der Waals surface area contributed by atoms with Crippen molar-refractivity contribution in [1.82, 2.24) is 0 Å². The SMILES string of the molecule is COc1ccc(C(=O)C[C@@H]2c3cc(OC)c(OC)cc3[C@@H](CC(=O)c3ccc(OC)cc3)C2[N+](=O)[O-])cc1. The molecule has 0 N–H and O–H groups in total. The molecule has 1 aliphatic rings. The van der Waals surface area contributed by atoms with E-state index in [1.54, 1.807) is 60.7 Å². The smallest absolute Gasteiger partial charge is 0.227 e. The van der Waals surface area contributed by atoms with Crippen LogP contribution in [0.15, 0.2) is 60.7 Å². The zero-order chi connectivity index (χ0) is 27.4. The summed E-state index contributed by atoms with van der Waals surface area (Å²) < 4.78 is 21.2. The van der Waals surface area contributed by atoms with Crippen molar-refractivity contribution in [2.24, 2.45) is 0 Å². The van der Waals surface area contributed by atoms with Gasteiger partial charge >= 0.3 is 0 Å². The lowest BCUT2D eigenvalue weighted by Crippen LogP contribution is -2.30. The van der Waals surface area contributed by atoms with Crippen molar-refractivity contribution in [1.29, 1.82) is 0 Å². The fourth-order valence-electron chi connectivity index (χ4n) is 5.15. The molecule has 0 spiro atoms. The molecule has 0 fully saturated rings. The number of benzene rings is 3. The number of carbonyl (C=O) groups is 2. The van der Waals surface area contributed by atoms with Gasteiger partial charge in [-0.05, 0) is 71.8 Å². The molecule has 198 valence electrons. The summed E-state index contributed by atoms with van der Waals surface area (Å²) in [5, 5.41) is 12.5. The predicted molar refractivity (Wildman–Crippen MR) is 140 cm³/mol. The molecule has 0 saturated carbocycles. The van der Waals surface area contributed by atoms with Crippen molar-refractivity contribution in [3.8, 4) is 23.0 Å². The Kier molecular flexibility index (Phi) is 7.95. The van der Waals surface area contributed by atoms with Crippen LogP contribution < -0.4 is 18.9 Å². The summed E-state index contributed by atoms with van der Waals surface area (Å²) >= 11 is 0. The Bertz CT molecular complexity index is 1240.